The van der Waals surface area contributed by atoms with Gasteiger partial charge in [0.2, 0.25) is 0 Å². The molecular weight excluding hydrogens is 424 g/mol. The molecule has 1 aliphatic heterocycles. The predicted octanol–water partition coefficient (Wildman–Crippen LogP) is 9.21. The van der Waals surface area contributed by atoms with Crippen molar-refractivity contribution < 1.29 is 0 Å². The molecule has 0 spiro atoms. The Labute approximate surface area is 207 Å². The fraction of sp³-hybridized carbons (Fsp3) is 0.0909. The standard InChI is InChI=1S/C33H28N2/c1-33(2)29-15-9-10-16-31(29)34-32-22-19-25(23-30(32)33)24-17-20-28(21-18-24)35(26-11-5-3-6-12-26)27-13-7-4-8-14-27/h3-23,34H,1-2H3. The minimum Gasteiger partial charge on any atom is -0.355 e. The number of hydrogen-bond donors (Lipinski definition) is 1. The fourth-order valence-corrected chi connectivity index (χ4v) is 5.18. The van der Waals surface area contributed by atoms with Crippen molar-refractivity contribution in [2.24, 2.45) is 0 Å². The Hall–Kier alpha value is -4.30. The first-order valence-electron chi connectivity index (χ1n) is 12.1. The molecule has 1 heterocycles. The molecule has 1 N–H and O–H groups in total. The van der Waals surface area contributed by atoms with Crippen LogP contribution in [-0.2, 0) is 5.41 Å². The fourth-order valence-electron chi connectivity index (χ4n) is 5.18. The molecule has 0 unspecified atom stereocenters. The van der Waals surface area contributed by atoms with Gasteiger partial charge >= 0.3 is 0 Å². The Kier molecular flexibility index (Phi) is 5.15. The monoisotopic (exact) mass is 452 g/mol. The van der Waals surface area contributed by atoms with E-state index in [9.17, 15) is 0 Å². The van der Waals surface area contributed by atoms with E-state index >= 15 is 0 Å². The number of benzene rings is 5. The van der Waals surface area contributed by atoms with E-state index in [1.165, 1.54) is 33.6 Å². The Morgan fingerprint density at radius 3 is 1.66 bits per heavy atom. The largest absolute Gasteiger partial charge is 0.355 e. The van der Waals surface area contributed by atoms with Crippen LogP contribution in [0.5, 0.6) is 0 Å². The van der Waals surface area contributed by atoms with Crippen molar-refractivity contribution in [3.63, 3.8) is 0 Å². The summed E-state index contributed by atoms with van der Waals surface area (Å²) in [4.78, 5) is 2.29. The van der Waals surface area contributed by atoms with Gasteiger partial charge in [0.15, 0.2) is 0 Å². The molecule has 5 aromatic carbocycles. The highest BCUT2D eigenvalue weighted by Crippen LogP contribution is 2.46. The quantitative estimate of drug-likeness (QED) is 0.292. The number of anilines is 5. The van der Waals surface area contributed by atoms with E-state index in [-0.39, 0.29) is 5.41 Å². The number of rotatable bonds is 4. The molecule has 1 aliphatic rings. The summed E-state index contributed by atoms with van der Waals surface area (Å²) < 4.78 is 0. The molecule has 0 fully saturated rings. The Bertz CT molecular complexity index is 1430. The summed E-state index contributed by atoms with van der Waals surface area (Å²) in [6, 6.07) is 45.3. The summed E-state index contributed by atoms with van der Waals surface area (Å²) in [5.41, 5.74) is 10.9. The van der Waals surface area contributed by atoms with Crippen molar-refractivity contribution in [3.05, 3.63) is 139 Å². The van der Waals surface area contributed by atoms with Gasteiger partial charge in [-0.05, 0) is 76.9 Å². The molecule has 2 nitrogen and oxygen atoms in total. The highest BCUT2D eigenvalue weighted by Gasteiger charge is 2.32. The molecule has 6 rings (SSSR count). The number of nitrogens with zero attached hydrogens (tertiary/aromatic N) is 1. The molecule has 35 heavy (non-hydrogen) atoms. The highest BCUT2D eigenvalue weighted by molar-refractivity contribution is 5.81. The van der Waals surface area contributed by atoms with Crippen LogP contribution in [0.25, 0.3) is 11.1 Å². The van der Waals surface area contributed by atoms with Crippen LogP contribution in [-0.4, -0.2) is 0 Å². The summed E-state index contributed by atoms with van der Waals surface area (Å²) in [5.74, 6) is 0. The van der Waals surface area contributed by atoms with Crippen LogP contribution in [0.1, 0.15) is 25.0 Å². The number of para-hydroxylation sites is 3. The van der Waals surface area contributed by atoms with Gasteiger partial charge < -0.3 is 10.2 Å². The molecule has 0 atom stereocenters. The zero-order valence-electron chi connectivity index (χ0n) is 20.1. The first kappa shape index (κ1) is 21.2. The molecule has 170 valence electrons. The second-order valence-electron chi connectivity index (χ2n) is 9.61. The van der Waals surface area contributed by atoms with Crippen molar-refractivity contribution in [2.75, 3.05) is 10.2 Å². The van der Waals surface area contributed by atoms with Crippen LogP contribution in [0.15, 0.2) is 127 Å². The minimum atomic E-state index is -0.0649. The van der Waals surface area contributed by atoms with Gasteiger partial charge in [-0.15, -0.1) is 0 Å². The summed E-state index contributed by atoms with van der Waals surface area (Å²) in [6.45, 7) is 4.63. The van der Waals surface area contributed by atoms with E-state index in [0.717, 1.165) is 17.1 Å². The van der Waals surface area contributed by atoms with E-state index in [4.69, 9.17) is 0 Å². The first-order chi connectivity index (χ1) is 17.1. The molecule has 0 aliphatic carbocycles. The lowest BCUT2D eigenvalue weighted by Gasteiger charge is -2.36. The third kappa shape index (κ3) is 3.77. The van der Waals surface area contributed by atoms with Crippen molar-refractivity contribution >= 4 is 28.4 Å². The van der Waals surface area contributed by atoms with Crippen LogP contribution in [0.3, 0.4) is 0 Å². The van der Waals surface area contributed by atoms with Crippen molar-refractivity contribution in [1.82, 2.24) is 0 Å². The maximum Gasteiger partial charge on any atom is 0.0462 e. The zero-order valence-corrected chi connectivity index (χ0v) is 20.1. The lowest BCUT2D eigenvalue weighted by molar-refractivity contribution is 0.638. The summed E-state index contributed by atoms with van der Waals surface area (Å²) in [5, 5.41) is 3.63. The third-order valence-corrected chi connectivity index (χ3v) is 7.05. The van der Waals surface area contributed by atoms with Gasteiger partial charge in [0.25, 0.3) is 0 Å². The molecule has 2 heteroatoms. The van der Waals surface area contributed by atoms with Gasteiger partial charge in [-0.1, -0.05) is 86.6 Å². The Morgan fingerprint density at radius 2 is 1.00 bits per heavy atom. The van der Waals surface area contributed by atoms with Crippen molar-refractivity contribution in [3.8, 4) is 11.1 Å². The van der Waals surface area contributed by atoms with Crippen LogP contribution in [0, 0.1) is 0 Å². The van der Waals surface area contributed by atoms with Crippen molar-refractivity contribution in [1.29, 1.82) is 0 Å². The van der Waals surface area contributed by atoms with Gasteiger partial charge in [0.05, 0.1) is 0 Å². The van der Waals surface area contributed by atoms with E-state index < -0.39 is 0 Å². The normalized spacial score (nSPS) is 13.3. The van der Waals surface area contributed by atoms with Crippen LogP contribution in [0.2, 0.25) is 0 Å². The van der Waals surface area contributed by atoms with Gasteiger partial charge in [-0.2, -0.15) is 0 Å². The number of fused-ring (bicyclic) bond motifs is 2. The third-order valence-electron chi connectivity index (χ3n) is 7.05. The van der Waals surface area contributed by atoms with Gasteiger partial charge in [0.1, 0.15) is 0 Å². The number of hydrogen-bond acceptors (Lipinski definition) is 2. The smallest absolute Gasteiger partial charge is 0.0462 e. The lowest BCUT2D eigenvalue weighted by Crippen LogP contribution is -2.25. The van der Waals surface area contributed by atoms with Crippen LogP contribution in [0.4, 0.5) is 28.4 Å². The van der Waals surface area contributed by atoms with E-state index in [1.807, 2.05) is 0 Å². The topological polar surface area (TPSA) is 15.3 Å². The molecule has 0 aromatic heterocycles. The molecule has 0 bridgehead atoms. The molecule has 0 radical (unpaired) electrons. The van der Waals surface area contributed by atoms with E-state index in [2.05, 4.69) is 151 Å². The Morgan fingerprint density at radius 1 is 0.486 bits per heavy atom. The summed E-state index contributed by atoms with van der Waals surface area (Å²) in [6.07, 6.45) is 0. The second-order valence-corrected chi connectivity index (χ2v) is 9.61. The van der Waals surface area contributed by atoms with Gasteiger partial charge in [-0.3, -0.25) is 0 Å². The maximum absolute atomic E-state index is 3.63. The zero-order chi connectivity index (χ0) is 23.8. The molecule has 5 aromatic rings. The van der Waals surface area contributed by atoms with Crippen LogP contribution >= 0.6 is 0 Å². The average Bonchev–Trinajstić information content (AvgIpc) is 2.91. The van der Waals surface area contributed by atoms with E-state index in [0.29, 0.717) is 0 Å². The van der Waals surface area contributed by atoms with E-state index in [1.54, 1.807) is 0 Å². The van der Waals surface area contributed by atoms with Gasteiger partial charge in [-0.25, -0.2) is 0 Å². The Balaban J connectivity index is 1.37. The molecule has 0 amide bonds. The summed E-state index contributed by atoms with van der Waals surface area (Å²) >= 11 is 0. The molecule has 0 saturated heterocycles. The lowest BCUT2D eigenvalue weighted by atomic mass is 9.73. The molecule has 0 saturated carbocycles. The van der Waals surface area contributed by atoms with Crippen molar-refractivity contribution in [2.45, 2.75) is 19.3 Å². The van der Waals surface area contributed by atoms with Crippen LogP contribution < -0.4 is 10.2 Å². The molecular formula is C33H28N2. The average molecular weight is 453 g/mol. The summed E-state index contributed by atoms with van der Waals surface area (Å²) in [7, 11) is 0. The highest BCUT2D eigenvalue weighted by atomic mass is 15.1. The maximum atomic E-state index is 3.63. The predicted molar refractivity (Wildman–Crippen MR) is 148 cm³/mol. The number of nitrogens with one attached hydrogen (secondary N) is 1. The minimum absolute atomic E-state index is 0.0649. The SMILES string of the molecule is CC1(C)c2ccccc2Nc2ccc(-c3ccc(N(c4ccccc4)c4ccccc4)cc3)cc21. The van der Waals surface area contributed by atoms with Gasteiger partial charge in [0, 0.05) is 33.9 Å². The first-order valence-corrected chi connectivity index (χ1v) is 12.1. The second kappa shape index (κ2) is 8.48.